The van der Waals surface area contributed by atoms with Crippen LogP contribution < -0.4 is 0 Å². The Labute approximate surface area is 87.2 Å². The van der Waals surface area contributed by atoms with Gasteiger partial charge in [-0.3, -0.25) is 0 Å². The Kier molecular flexibility index (Phi) is 2.20. The molecule has 1 aromatic rings. The monoisotopic (exact) mass is 240 g/mol. The average molecular weight is 241 g/mol. The second kappa shape index (κ2) is 3.10. The average Bonchev–Trinajstić information content (AvgIpc) is 2.15. The predicted molar refractivity (Wildman–Crippen MR) is 57.1 cm³/mol. The summed E-state index contributed by atoms with van der Waals surface area (Å²) in [6.07, 6.45) is 0.219. The van der Waals surface area contributed by atoms with E-state index in [2.05, 4.69) is 41.9 Å². The van der Waals surface area contributed by atoms with E-state index in [-0.39, 0.29) is 11.7 Å². The second-order valence-corrected chi connectivity index (χ2v) is 4.94. The van der Waals surface area contributed by atoms with Crippen LogP contribution in [0.5, 0.6) is 0 Å². The lowest BCUT2D eigenvalue weighted by Gasteiger charge is -2.48. The van der Waals surface area contributed by atoms with Crippen molar-refractivity contribution in [2.75, 3.05) is 0 Å². The Bertz CT molecular complexity index is 294. The first-order valence-corrected chi connectivity index (χ1v) is 5.40. The number of ether oxygens (including phenoxy) is 1. The molecule has 0 amide bonds. The Morgan fingerprint density at radius 2 is 1.85 bits per heavy atom. The molecule has 0 saturated carbocycles. The Balaban J connectivity index is 2.15. The van der Waals surface area contributed by atoms with Gasteiger partial charge in [0.1, 0.15) is 0 Å². The van der Waals surface area contributed by atoms with E-state index in [1.807, 2.05) is 18.2 Å². The summed E-state index contributed by atoms with van der Waals surface area (Å²) in [6, 6.07) is 10.3. The largest absolute Gasteiger partial charge is 0.365 e. The molecule has 0 radical (unpaired) electrons. The van der Waals surface area contributed by atoms with Gasteiger partial charge < -0.3 is 4.74 Å². The molecule has 0 spiro atoms. The molecule has 1 aromatic carbocycles. The summed E-state index contributed by atoms with van der Waals surface area (Å²) in [5.74, 6) is 0. The van der Waals surface area contributed by atoms with E-state index in [4.69, 9.17) is 4.74 Å². The van der Waals surface area contributed by atoms with Gasteiger partial charge in [0.25, 0.3) is 0 Å². The molecule has 0 N–H and O–H groups in total. The lowest BCUT2D eigenvalue weighted by molar-refractivity contribution is -0.176. The van der Waals surface area contributed by atoms with Crippen molar-refractivity contribution in [2.24, 2.45) is 0 Å². The highest BCUT2D eigenvalue weighted by molar-refractivity contribution is 9.09. The summed E-state index contributed by atoms with van der Waals surface area (Å²) < 4.78 is 5.78. The third-order valence-corrected chi connectivity index (χ3v) is 4.07. The molecule has 0 unspecified atom stereocenters. The van der Waals surface area contributed by atoms with Crippen LogP contribution in [0.3, 0.4) is 0 Å². The third-order valence-electron chi connectivity index (χ3n) is 2.49. The molecule has 70 valence electrons. The van der Waals surface area contributed by atoms with Gasteiger partial charge in [-0.2, -0.15) is 0 Å². The topological polar surface area (TPSA) is 9.23 Å². The Morgan fingerprint density at radius 1 is 1.23 bits per heavy atom. The Morgan fingerprint density at radius 3 is 2.31 bits per heavy atom. The van der Waals surface area contributed by atoms with Crippen molar-refractivity contribution in [2.45, 2.75) is 30.4 Å². The van der Waals surface area contributed by atoms with E-state index < -0.39 is 0 Å². The van der Waals surface area contributed by atoms with Crippen LogP contribution in [-0.2, 0) is 4.74 Å². The van der Waals surface area contributed by atoms with E-state index in [1.165, 1.54) is 5.56 Å². The summed E-state index contributed by atoms with van der Waals surface area (Å²) in [6.45, 7) is 4.21. The quantitative estimate of drug-likeness (QED) is 0.685. The van der Waals surface area contributed by atoms with Crippen molar-refractivity contribution >= 4 is 15.9 Å². The maximum absolute atomic E-state index is 5.78. The van der Waals surface area contributed by atoms with Gasteiger partial charge in [0.2, 0.25) is 0 Å². The van der Waals surface area contributed by atoms with Crippen molar-refractivity contribution in [3.8, 4) is 0 Å². The molecule has 13 heavy (non-hydrogen) atoms. The predicted octanol–water partition coefficient (Wildman–Crippen LogP) is 3.30. The summed E-state index contributed by atoms with van der Waals surface area (Å²) >= 11 is 3.66. The SMILES string of the molecule is CC1(C)O[C@@H](c2ccccc2)[C@@H]1Br. The zero-order chi connectivity index (χ0) is 9.47. The minimum atomic E-state index is -0.0273. The van der Waals surface area contributed by atoms with Gasteiger partial charge in [-0.25, -0.2) is 0 Å². The van der Waals surface area contributed by atoms with E-state index in [0.717, 1.165) is 0 Å². The van der Waals surface area contributed by atoms with Gasteiger partial charge >= 0.3 is 0 Å². The zero-order valence-electron chi connectivity index (χ0n) is 7.83. The van der Waals surface area contributed by atoms with Crippen LogP contribution in [0.2, 0.25) is 0 Å². The Hall–Kier alpha value is -0.340. The fraction of sp³-hybridized carbons (Fsp3) is 0.455. The second-order valence-electron chi connectivity index (χ2n) is 3.95. The fourth-order valence-corrected chi connectivity index (χ4v) is 2.14. The summed E-state index contributed by atoms with van der Waals surface area (Å²) in [4.78, 5) is 0.419. The van der Waals surface area contributed by atoms with Crippen LogP contribution in [0.1, 0.15) is 25.5 Å². The number of hydrogen-bond donors (Lipinski definition) is 0. The fourth-order valence-electron chi connectivity index (χ4n) is 1.62. The van der Waals surface area contributed by atoms with Crippen LogP contribution >= 0.6 is 15.9 Å². The molecule has 2 heteroatoms. The van der Waals surface area contributed by atoms with E-state index >= 15 is 0 Å². The van der Waals surface area contributed by atoms with Gasteiger partial charge in [-0.1, -0.05) is 46.3 Å². The highest BCUT2D eigenvalue weighted by Gasteiger charge is 2.47. The van der Waals surface area contributed by atoms with Crippen molar-refractivity contribution < 1.29 is 4.74 Å². The summed E-state index contributed by atoms with van der Waals surface area (Å²) in [5.41, 5.74) is 1.23. The zero-order valence-corrected chi connectivity index (χ0v) is 9.41. The summed E-state index contributed by atoms with van der Waals surface area (Å²) in [5, 5.41) is 0. The van der Waals surface area contributed by atoms with Crippen molar-refractivity contribution in [1.29, 1.82) is 0 Å². The molecular formula is C11H13BrO. The van der Waals surface area contributed by atoms with Gasteiger partial charge in [0.05, 0.1) is 16.5 Å². The van der Waals surface area contributed by atoms with Crippen LogP contribution in [0, 0.1) is 0 Å². The first-order chi connectivity index (χ1) is 6.11. The number of hydrogen-bond acceptors (Lipinski definition) is 1. The molecule has 1 nitrogen and oxygen atoms in total. The molecule has 0 aliphatic carbocycles. The van der Waals surface area contributed by atoms with Crippen molar-refractivity contribution in [1.82, 2.24) is 0 Å². The lowest BCUT2D eigenvalue weighted by Crippen LogP contribution is -2.51. The van der Waals surface area contributed by atoms with Crippen molar-refractivity contribution in [3.05, 3.63) is 35.9 Å². The molecule has 2 rings (SSSR count). The van der Waals surface area contributed by atoms with Gasteiger partial charge in [-0.05, 0) is 19.4 Å². The van der Waals surface area contributed by atoms with E-state index in [0.29, 0.717) is 4.83 Å². The molecule has 1 fully saturated rings. The first kappa shape index (κ1) is 9.22. The van der Waals surface area contributed by atoms with Gasteiger partial charge in [-0.15, -0.1) is 0 Å². The van der Waals surface area contributed by atoms with Crippen LogP contribution in [0.4, 0.5) is 0 Å². The normalized spacial score (nSPS) is 31.0. The van der Waals surface area contributed by atoms with Crippen LogP contribution in [0.15, 0.2) is 30.3 Å². The highest BCUT2D eigenvalue weighted by atomic mass is 79.9. The molecule has 1 saturated heterocycles. The maximum atomic E-state index is 5.78. The lowest BCUT2D eigenvalue weighted by atomic mass is 9.89. The van der Waals surface area contributed by atoms with Crippen LogP contribution in [0.25, 0.3) is 0 Å². The smallest absolute Gasteiger partial charge is 0.0985 e. The molecular weight excluding hydrogens is 228 g/mol. The number of alkyl halides is 1. The molecule has 2 atom stereocenters. The van der Waals surface area contributed by atoms with Crippen LogP contribution in [-0.4, -0.2) is 10.4 Å². The van der Waals surface area contributed by atoms with Gasteiger partial charge in [0.15, 0.2) is 0 Å². The molecule has 0 aromatic heterocycles. The minimum Gasteiger partial charge on any atom is -0.365 e. The molecule has 1 heterocycles. The molecule has 0 bridgehead atoms. The first-order valence-electron chi connectivity index (χ1n) is 4.48. The third kappa shape index (κ3) is 1.53. The number of rotatable bonds is 1. The van der Waals surface area contributed by atoms with E-state index in [9.17, 15) is 0 Å². The maximum Gasteiger partial charge on any atom is 0.0985 e. The summed E-state index contributed by atoms with van der Waals surface area (Å²) in [7, 11) is 0. The standard InChI is InChI=1S/C11H13BrO/c1-11(2)10(12)9(13-11)8-6-4-3-5-7-8/h3-7,9-10H,1-2H3/t9-,10-/m0/s1. The number of halogens is 1. The molecule has 1 aliphatic rings. The highest BCUT2D eigenvalue weighted by Crippen LogP contribution is 2.47. The van der Waals surface area contributed by atoms with Crippen molar-refractivity contribution in [3.63, 3.8) is 0 Å². The number of benzene rings is 1. The molecule has 1 aliphatic heterocycles. The van der Waals surface area contributed by atoms with E-state index in [1.54, 1.807) is 0 Å². The minimum absolute atomic E-state index is 0.0273. The van der Waals surface area contributed by atoms with Gasteiger partial charge in [0, 0.05) is 0 Å².